The van der Waals surface area contributed by atoms with Gasteiger partial charge in [-0.15, -0.1) is 0 Å². The van der Waals surface area contributed by atoms with Crippen LogP contribution in [0.2, 0.25) is 0 Å². The number of aryl methyl sites for hydroxylation is 1. The van der Waals surface area contributed by atoms with Crippen LogP contribution >= 0.6 is 12.6 Å². The zero-order valence-corrected chi connectivity index (χ0v) is 9.44. The molecule has 0 spiro atoms. The van der Waals surface area contributed by atoms with Crippen molar-refractivity contribution in [2.75, 3.05) is 17.2 Å². The lowest BCUT2D eigenvalue weighted by molar-refractivity contribution is -0.117. The number of hydrogen-bond donors (Lipinski definition) is 1. The van der Waals surface area contributed by atoms with Crippen molar-refractivity contribution in [3.8, 4) is 0 Å². The Labute approximate surface area is 94.1 Å². The molecule has 5 heteroatoms. The van der Waals surface area contributed by atoms with Crippen LogP contribution in [0.5, 0.6) is 0 Å². The fourth-order valence-electron chi connectivity index (χ4n) is 1.68. The van der Waals surface area contributed by atoms with Crippen LogP contribution in [0.1, 0.15) is 12.2 Å². The van der Waals surface area contributed by atoms with E-state index < -0.39 is 0 Å². The van der Waals surface area contributed by atoms with Crippen molar-refractivity contribution in [2.24, 2.45) is 5.92 Å². The van der Waals surface area contributed by atoms with Crippen LogP contribution in [-0.2, 0) is 4.79 Å². The highest BCUT2D eigenvalue weighted by molar-refractivity contribution is 7.80. The third-order valence-electron chi connectivity index (χ3n) is 2.54. The van der Waals surface area contributed by atoms with Gasteiger partial charge >= 0.3 is 0 Å². The fourth-order valence-corrected chi connectivity index (χ4v) is 1.92. The molecule has 1 saturated heterocycles. The van der Waals surface area contributed by atoms with Crippen molar-refractivity contribution in [1.29, 1.82) is 0 Å². The summed E-state index contributed by atoms with van der Waals surface area (Å²) < 4.78 is 0. The normalized spacial score (nSPS) is 21.1. The SMILES string of the molecule is Cc1ncc(N2CC(CS)CC2=O)cn1. The first kappa shape index (κ1) is 10.4. The number of anilines is 1. The van der Waals surface area contributed by atoms with E-state index >= 15 is 0 Å². The molecular formula is C10H13N3OS. The zero-order chi connectivity index (χ0) is 10.8. The van der Waals surface area contributed by atoms with E-state index in [1.807, 2.05) is 6.92 Å². The molecule has 1 fully saturated rings. The maximum absolute atomic E-state index is 11.7. The summed E-state index contributed by atoms with van der Waals surface area (Å²) in [5.41, 5.74) is 0.787. The van der Waals surface area contributed by atoms with Crippen molar-refractivity contribution in [3.05, 3.63) is 18.2 Å². The molecule has 0 radical (unpaired) electrons. The lowest BCUT2D eigenvalue weighted by Gasteiger charge is -2.15. The second-order valence-electron chi connectivity index (χ2n) is 3.75. The molecule has 0 aromatic carbocycles. The topological polar surface area (TPSA) is 46.1 Å². The van der Waals surface area contributed by atoms with E-state index in [1.54, 1.807) is 17.3 Å². The van der Waals surface area contributed by atoms with E-state index in [0.29, 0.717) is 12.3 Å². The number of thiol groups is 1. The quantitative estimate of drug-likeness (QED) is 0.763. The summed E-state index contributed by atoms with van der Waals surface area (Å²) in [5.74, 6) is 1.95. The molecule has 1 amide bonds. The highest BCUT2D eigenvalue weighted by Crippen LogP contribution is 2.24. The molecule has 2 rings (SSSR count). The molecule has 1 aromatic heterocycles. The predicted octanol–water partition coefficient (Wildman–Crippen LogP) is 1.07. The summed E-state index contributed by atoms with van der Waals surface area (Å²) in [7, 11) is 0. The fraction of sp³-hybridized carbons (Fsp3) is 0.500. The van der Waals surface area contributed by atoms with E-state index in [2.05, 4.69) is 22.6 Å². The van der Waals surface area contributed by atoms with Gasteiger partial charge in [0.2, 0.25) is 5.91 Å². The lowest BCUT2D eigenvalue weighted by atomic mass is 10.1. The van der Waals surface area contributed by atoms with E-state index in [1.165, 1.54) is 0 Å². The average molecular weight is 223 g/mol. The van der Waals surface area contributed by atoms with Crippen LogP contribution in [0.4, 0.5) is 5.69 Å². The summed E-state index contributed by atoms with van der Waals surface area (Å²) >= 11 is 4.22. The molecule has 0 N–H and O–H groups in total. The molecule has 80 valence electrons. The minimum Gasteiger partial charge on any atom is -0.309 e. The number of nitrogens with zero attached hydrogens (tertiary/aromatic N) is 3. The van der Waals surface area contributed by atoms with Crippen LogP contribution in [-0.4, -0.2) is 28.2 Å². The molecule has 2 heterocycles. The molecule has 0 saturated carbocycles. The Morgan fingerprint density at radius 2 is 2.20 bits per heavy atom. The molecule has 4 nitrogen and oxygen atoms in total. The van der Waals surface area contributed by atoms with Crippen LogP contribution in [0.25, 0.3) is 0 Å². The Balaban J connectivity index is 2.18. The van der Waals surface area contributed by atoms with Crippen molar-refractivity contribution in [1.82, 2.24) is 9.97 Å². The third-order valence-corrected chi connectivity index (χ3v) is 3.06. The van der Waals surface area contributed by atoms with Crippen molar-refractivity contribution in [3.63, 3.8) is 0 Å². The Kier molecular flexibility index (Phi) is 2.90. The lowest BCUT2D eigenvalue weighted by Crippen LogP contribution is -2.25. The molecule has 0 aliphatic carbocycles. The van der Waals surface area contributed by atoms with Crippen LogP contribution in [0.15, 0.2) is 12.4 Å². The highest BCUT2D eigenvalue weighted by atomic mass is 32.1. The van der Waals surface area contributed by atoms with Gasteiger partial charge in [0.1, 0.15) is 5.82 Å². The smallest absolute Gasteiger partial charge is 0.227 e. The summed E-state index contributed by atoms with van der Waals surface area (Å²) in [4.78, 5) is 21.6. The predicted molar refractivity (Wildman–Crippen MR) is 61.1 cm³/mol. The first-order valence-corrected chi connectivity index (χ1v) is 5.54. The van der Waals surface area contributed by atoms with Crippen molar-refractivity contribution < 1.29 is 4.79 Å². The van der Waals surface area contributed by atoms with Gasteiger partial charge in [0, 0.05) is 13.0 Å². The summed E-state index contributed by atoms with van der Waals surface area (Å²) in [5, 5.41) is 0. The second kappa shape index (κ2) is 4.18. The Morgan fingerprint density at radius 3 is 2.73 bits per heavy atom. The summed E-state index contributed by atoms with van der Waals surface area (Å²) in [6.07, 6.45) is 3.97. The first-order chi connectivity index (χ1) is 7.20. The second-order valence-corrected chi connectivity index (χ2v) is 4.11. The van der Waals surface area contributed by atoms with Gasteiger partial charge in [-0.25, -0.2) is 9.97 Å². The third kappa shape index (κ3) is 2.12. The van der Waals surface area contributed by atoms with Gasteiger partial charge < -0.3 is 4.90 Å². The summed E-state index contributed by atoms with van der Waals surface area (Å²) in [6.45, 7) is 2.56. The van der Waals surface area contributed by atoms with Crippen molar-refractivity contribution >= 4 is 24.2 Å². The number of carbonyl (C=O) groups is 1. The van der Waals surface area contributed by atoms with Gasteiger partial charge in [-0.2, -0.15) is 12.6 Å². The molecule has 1 aliphatic heterocycles. The van der Waals surface area contributed by atoms with E-state index in [9.17, 15) is 4.79 Å². The van der Waals surface area contributed by atoms with Gasteiger partial charge in [-0.3, -0.25) is 4.79 Å². The van der Waals surface area contributed by atoms with Gasteiger partial charge in [0.15, 0.2) is 0 Å². The number of aromatic nitrogens is 2. The number of hydrogen-bond acceptors (Lipinski definition) is 4. The van der Waals surface area contributed by atoms with Gasteiger partial charge in [0.25, 0.3) is 0 Å². The Morgan fingerprint density at radius 1 is 1.53 bits per heavy atom. The van der Waals surface area contributed by atoms with E-state index in [4.69, 9.17) is 0 Å². The van der Waals surface area contributed by atoms with Crippen LogP contribution in [0, 0.1) is 12.8 Å². The Bertz CT molecular complexity index is 365. The summed E-state index contributed by atoms with van der Waals surface area (Å²) in [6, 6.07) is 0. The standard InChI is InChI=1S/C10H13N3OS/c1-7-11-3-9(4-12-7)13-5-8(6-15)2-10(13)14/h3-4,8,15H,2,5-6H2,1H3. The van der Waals surface area contributed by atoms with Gasteiger partial charge in [0.05, 0.1) is 18.1 Å². The molecule has 1 aromatic rings. The molecule has 1 aliphatic rings. The molecule has 15 heavy (non-hydrogen) atoms. The number of amides is 1. The largest absolute Gasteiger partial charge is 0.309 e. The minimum absolute atomic E-state index is 0.140. The molecule has 0 bridgehead atoms. The maximum atomic E-state index is 11.7. The monoisotopic (exact) mass is 223 g/mol. The highest BCUT2D eigenvalue weighted by Gasteiger charge is 2.29. The zero-order valence-electron chi connectivity index (χ0n) is 8.55. The minimum atomic E-state index is 0.140. The molecule has 1 unspecified atom stereocenters. The average Bonchev–Trinajstić information content (AvgIpc) is 2.61. The maximum Gasteiger partial charge on any atom is 0.227 e. The Hall–Kier alpha value is -1.10. The van der Waals surface area contributed by atoms with E-state index in [0.717, 1.165) is 23.8 Å². The molecular weight excluding hydrogens is 210 g/mol. The number of carbonyl (C=O) groups excluding carboxylic acids is 1. The molecule has 1 atom stereocenters. The first-order valence-electron chi connectivity index (χ1n) is 4.90. The number of rotatable bonds is 2. The van der Waals surface area contributed by atoms with Crippen LogP contribution in [0.3, 0.4) is 0 Å². The van der Waals surface area contributed by atoms with Gasteiger partial charge in [-0.05, 0) is 18.6 Å². The van der Waals surface area contributed by atoms with Gasteiger partial charge in [-0.1, -0.05) is 0 Å². The van der Waals surface area contributed by atoms with E-state index in [-0.39, 0.29) is 5.91 Å². The van der Waals surface area contributed by atoms with Crippen LogP contribution < -0.4 is 4.90 Å². The van der Waals surface area contributed by atoms with Crippen molar-refractivity contribution in [2.45, 2.75) is 13.3 Å².